The summed E-state index contributed by atoms with van der Waals surface area (Å²) in [5, 5.41) is 0. The van der Waals surface area contributed by atoms with Crippen LogP contribution in [0, 0.1) is 6.92 Å². The smallest absolute Gasteiger partial charge is 0.416 e. The molecular formula is C23H23F3N2O4. The summed E-state index contributed by atoms with van der Waals surface area (Å²) >= 11 is 0. The Balaban J connectivity index is 2.12. The van der Waals surface area contributed by atoms with Gasteiger partial charge in [0.15, 0.2) is 11.5 Å². The van der Waals surface area contributed by atoms with Crippen molar-refractivity contribution in [2.75, 3.05) is 21.3 Å². The molecule has 1 aromatic heterocycles. The lowest BCUT2D eigenvalue weighted by molar-refractivity contribution is -0.137. The Morgan fingerprint density at radius 1 is 0.969 bits per heavy atom. The summed E-state index contributed by atoms with van der Waals surface area (Å²) in [7, 11) is 4.50. The number of ether oxygens (including phenoxy) is 3. The Labute approximate surface area is 183 Å². The van der Waals surface area contributed by atoms with E-state index in [1.807, 2.05) is 4.57 Å². The lowest BCUT2D eigenvalue weighted by atomic mass is 10.1. The number of carbonyl (C=O) groups excluding carboxylic acids is 1. The van der Waals surface area contributed by atoms with Crippen molar-refractivity contribution >= 4 is 5.91 Å². The Morgan fingerprint density at radius 2 is 1.53 bits per heavy atom. The Hall–Kier alpha value is -3.62. The van der Waals surface area contributed by atoms with E-state index >= 15 is 0 Å². The molecule has 3 aromatic rings. The zero-order chi connectivity index (χ0) is 23.6. The molecule has 9 heteroatoms. The topological polar surface area (TPSA) is 75.7 Å². The minimum atomic E-state index is -4.44. The van der Waals surface area contributed by atoms with E-state index in [9.17, 15) is 18.0 Å². The standard InChI is InChI=1S/C23H23F3N2O4/c1-13-17(22(27)29)11-18(15-5-7-16(8-6-15)23(24,25)26)28(13)12-14-9-19(30-2)21(32-4)20(10-14)31-3/h5-11H,12H2,1-4H3,(H2,27,29). The van der Waals surface area contributed by atoms with Gasteiger partial charge < -0.3 is 24.5 Å². The number of carbonyl (C=O) groups is 1. The summed E-state index contributed by atoms with van der Waals surface area (Å²) in [6.07, 6.45) is -4.44. The Bertz CT molecular complexity index is 1110. The summed E-state index contributed by atoms with van der Waals surface area (Å²) in [4.78, 5) is 11.9. The molecule has 0 aliphatic carbocycles. The van der Waals surface area contributed by atoms with Crippen molar-refractivity contribution in [3.63, 3.8) is 0 Å². The number of nitrogens with zero attached hydrogens (tertiary/aromatic N) is 1. The van der Waals surface area contributed by atoms with Gasteiger partial charge in [0.05, 0.1) is 32.5 Å². The first-order valence-corrected chi connectivity index (χ1v) is 9.57. The van der Waals surface area contributed by atoms with Crippen LogP contribution in [0.25, 0.3) is 11.3 Å². The third kappa shape index (κ3) is 4.37. The highest BCUT2D eigenvalue weighted by atomic mass is 19.4. The van der Waals surface area contributed by atoms with Crippen molar-refractivity contribution in [1.82, 2.24) is 4.57 Å². The van der Waals surface area contributed by atoms with Gasteiger partial charge in [0.2, 0.25) is 5.75 Å². The van der Waals surface area contributed by atoms with Gasteiger partial charge in [-0.2, -0.15) is 13.2 Å². The van der Waals surface area contributed by atoms with E-state index < -0.39 is 17.6 Å². The van der Waals surface area contributed by atoms with Crippen LogP contribution in [0.2, 0.25) is 0 Å². The van der Waals surface area contributed by atoms with Gasteiger partial charge in [0.25, 0.3) is 5.91 Å². The van der Waals surface area contributed by atoms with E-state index in [0.29, 0.717) is 34.2 Å². The van der Waals surface area contributed by atoms with E-state index in [0.717, 1.165) is 17.7 Å². The Morgan fingerprint density at radius 3 is 1.97 bits per heavy atom. The third-order valence-corrected chi connectivity index (χ3v) is 5.21. The highest BCUT2D eigenvalue weighted by molar-refractivity contribution is 5.95. The first-order valence-electron chi connectivity index (χ1n) is 9.57. The molecule has 2 aromatic carbocycles. The monoisotopic (exact) mass is 448 g/mol. The molecule has 0 aliphatic heterocycles. The molecule has 0 radical (unpaired) electrons. The molecule has 1 amide bonds. The maximum atomic E-state index is 13.0. The van der Waals surface area contributed by atoms with Gasteiger partial charge in [-0.15, -0.1) is 0 Å². The van der Waals surface area contributed by atoms with Gasteiger partial charge in [0, 0.05) is 17.9 Å². The third-order valence-electron chi connectivity index (χ3n) is 5.21. The molecule has 0 unspecified atom stereocenters. The zero-order valence-electron chi connectivity index (χ0n) is 18.0. The predicted octanol–water partition coefficient (Wildman–Crippen LogP) is 4.66. The van der Waals surface area contributed by atoms with Crippen LogP contribution in [0.3, 0.4) is 0 Å². The molecule has 0 aliphatic rings. The number of benzene rings is 2. The molecule has 0 spiro atoms. The van der Waals surface area contributed by atoms with Gasteiger partial charge in [0.1, 0.15) is 0 Å². The van der Waals surface area contributed by atoms with Gasteiger partial charge in [-0.25, -0.2) is 0 Å². The second-order valence-electron chi connectivity index (χ2n) is 7.09. The largest absolute Gasteiger partial charge is 0.493 e. The zero-order valence-corrected chi connectivity index (χ0v) is 18.0. The quantitative estimate of drug-likeness (QED) is 0.571. The summed E-state index contributed by atoms with van der Waals surface area (Å²) in [5.41, 5.74) is 7.47. The second-order valence-corrected chi connectivity index (χ2v) is 7.09. The lowest BCUT2D eigenvalue weighted by Gasteiger charge is -2.17. The minimum absolute atomic E-state index is 0.284. The van der Waals surface area contributed by atoms with Crippen molar-refractivity contribution in [1.29, 1.82) is 0 Å². The number of hydrogen-bond donors (Lipinski definition) is 1. The molecule has 0 bridgehead atoms. The van der Waals surface area contributed by atoms with Crippen LogP contribution in [0.4, 0.5) is 13.2 Å². The SMILES string of the molecule is COc1cc(Cn2c(-c3ccc(C(F)(F)F)cc3)cc(C(N)=O)c2C)cc(OC)c1OC. The second kappa shape index (κ2) is 8.86. The lowest BCUT2D eigenvalue weighted by Crippen LogP contribution is -2.13. The number of amides is 1. The average molecular weight is 448 g/mol. The van der Waals surface area contributed by atoms with Crippen LogP contribution in [0.5, 0.6) is 17.2 Å². The Kier molecular flexibility index (Phi) is 6.38. The first kappa shape index (κ1) is 23.1. The molecule has 32 heavy (non-hydrogen) atoms. The molecule has 0 atom stereocenters. The number of rotatable bonds is 7. The number of halogens is 3. The number of methoxy groups -OCH3 is 3. The maximum absolute atomic E-state index is 13.0. The summed E-state index contributed by atoms with van der Waals surface area (Å²) < 4.78 is 56.8. The average Bonchev–Trinajstić information content (AvgIpc) is 3.08. The number of nitrogens with two attached hydrogens (primary N) is 1. The van der Waals surface area contributed by atoms with E-state index in [2.05, 4.69) is 0 Å². The maximum Gasteiger partial charge on any atom is 0.416 e. The molecule has 0 fully saturated rings. The number of hydrogen-bond acceptors (Lipinski definition) is 4. The first-order chi connectivity index (χ1) is 15.1. The molecule has 0 saturated carbocycles. The number of alkyl halides is 3. The molecule has 6 nitrogen and oxygen atoms in total. The fourth-order valence-corrected chi connectivity index (χ4v) is 3.58. The van der Waals surface area contributed by atoms with Gasteiger partial charge >= 0.3 is 6.18 Å². The minimum Gasteiger partial charge on any atom is -0.493 e. The summed E-state index contributed by atoms with van der Waals surface area (Å²) in [5.74, 6) is 0.721. The van der Waals surface area contributed by atoms with Crippen LogP contribution >= 0.6 is 0 Å². The number of aromatic nitrogens is 1. The summed E-state index contributed by atoms with van der Waals surface area (Å²) in [6.45, 7) is 2.01. The van der Waals surface area contributed by atoms with Gasteiger partial charge in [-0.1, -0.05) is 12.1 Å². The molecule has 2 N–H and O–H groups in total. The van der Waals surface area contributed by atoms with Crippen LogP contribution < -0.4 is 19.9 Å². The van der Waals surface area contributed by atoms with Crippen molar-refractivity contribution < 1.29 is 32.2 Å². The highest BCUT2D eigenvalue weighted by Crippen LogP contribution is 2.39. The van der Waals surface area contributed by atoms with Gasteiger partial charge in [-0.05, 0) is 48.4 Å². The van der Waals surface area contributed by atoms with Crippen molar-refractivity contribution in [2.24, 2.45) is 5.73 Å². The van der Waals surface area contributed by atoms with Crippen molar-refractivity contribution in [3.05, 3.63) is 64.8 Å². The molecule has 0 saturated heterocycles. The molecule has 1 heterocycles. The molecule has 3 rings (SSSR count). The summed E-state index contributed by atoms with van der Waals surface area (Å²) in [6, 6.07) is 9.86. The van der Waals surface area contributed by atoms with Crippen molar-refractivity contribution in [2.45, 2.75) is 19.6 Å². The van der Waals surface area contributed by atoms with E-state index in [4.69, 9.17) is 19.9 Å². The number of primary amides is 1. The molecular weight excluding hydrogens is 425 g/mol. The fraction of sp³-hybridized carbons (Fsp3) is 0.261. The van der Waals surface area contributed by atoms with Crippen molar-refractivity contribution in [3.8, 4) is 28.5 Å². The van der Waals surface area contributed by atoms with E-state index in [1.54, 1.807) is 25.1 Å². The normalized spacial score (nSPS) is 11.3. The van der Waals surface area contributed by atoms with Crippen LogP contribution in [-0.2, 0) is 12.7 Å². The van der Waals surface area contributed by atoms with E-state index in [-0.39, 0.29) is 12.1 Å². The van der Waals surface area contributed by atoms with Crippen LogP contribution in [0.15, 0.2) is 42.5 Å². The predicted molar refractivity (Wildman–Crippen MR) is 113 cm³/mol. The van der Waals surface area contributed by atoms with E-state index in [1.165, 1.54) is 33.5 Å². The van der Waals surface area contributed by atoms with Crippen LogP contribution in [0.1, 0.15) is 27.2 Å². The molecule has 170 valence electrons. The van der Waals surface area contributed by atoms with Crippen LogP contribution in [-0.4, -0.2) is 31.8 Å². The highest BCUT2D eigenvalue weighted by Gasteiger charge is 2.30. The fourth-order valence-electron chi connectivity index (χ4n) is 3.58. The van der Waals surface area contributed by atoms with Gasteiger partial charge in [-0.3, -0.25) is 4.79 Å².